The van der Waals surface area contributed by atoms with Gasteiger partial charge < -0.3 is 42.7 Å². The SMILES string of the molecule is CC(O)C(NC(=O)C(CC(N)=O)NC(=O)C(Cc1ccccc1)NC(=O)C(N)CC(=O)O)C(=O)O. The molecule has 192 valence electrons. The summed E-state index contributed by atoms with van der Waals surface area (Å²) in [6, 6.07) is 2.18. The highest BCUT2D eigenvalue weighted by Crippen LogP contribution is 2.06. The van der Waals surface area contributed by atoms with Crippen molar-refractivity contribution in [1.82, 2.24) is 16.0 Å². The highest BCUT2D eigenvalue weighted by atomic mass is 16.4. The Bertz CT molecular complexity index is 938. The summed E-state index contributed by atoms with van der Waals surface area (Å²) in [6.07, 6.45) is -3.00. The van der Waals surface area contributed by atoms with E-state index in [-0.39, 0.29) is 6.42 Å². The van der Waals surface area contributed by atoms with Gasteiger partial charge in [-0.15, -0.1) is 0 Å². The Morgan fingerprint density at radius 2 is 1.40 bits per heavy atom. The molecule has 0 aliphatic rings. The van der Waals surface area contributed by atoms with Crippen LogP contribution in [0.2, 0.25) is 0 Å². The normalized spacial score (nSPS) is 14.9. The second kappa shape index (κ2) is 13.6. The Hall–Kier alpha value is -4.04. The van der Waals surface area contributed by atoms with E-state index < -0.39 is 78.7 Å². The van der Waals surface area contributed by atoms with Crippen LogP contribution in [0.5, 0.6) is 0 Å². The number of rotatable bonds is 14. The van der Waals surface area contributed by atoms with Crippen LogP contribution in [0.25, 0.3) is 0 Å². The molecule has 0 heterocycles. The quantitative estimate of drug-likeness (QED) is 0.128. The number of aliphatic hydroxyl groups excluding tert-OH is 1. The van der Waals surface area contributed by atoms with Crippen molar-refractivity contribution >= 4 is 35.6 Å². The van der Waals surface area contributed by atoms with Crippen LogP contribution in [0.1, 0.15) is 25.3 Å². The highest BCUT2D eigenvalue weighted by Gasteiger charge is 2.33. The van der Waals surface area contributed by atoms with Crippen molar-refractivity contribution in [3.05, 3.63) is 35.9 Å². The van der Waals surface area contributed by atoms with Crippen molar-refractivity contribution in [3.63, 3.8) is 0 Å². The van der Waals surface area contributed by atoms with E-state index in [0.717, 1.165) is 6.92 Å². The molecule has 5 unspecified atom stereocenters. The van der Waals surface area contributed by atoms with Crippen molar-refractivity contribution in [2.45, 2.75) is 56.5 Å². The van der Waals surface area contributed by atoms with Gasteiger partial charge in [-0.3, -0.25) is 24.0 Å². The standard InChI is InChI=1S/C21H29N5O9/c1-10(27)17(21(34)35)26-20(33)14(9-15(23)28)25-19(32)13(7-11-5-3-2-4-6-11)24-18(31)12(22)8-16(29)30/h2-6,10,12-14,17,27H,7-9,22H2,1H3,(H2,23,28)(H,24,31)(H,25,32)(H,26,33)(H,29,30)(H,34,35). The minimum Gasteiger partial charge on any atom is -0.481 e. The molecule has 0 bridgehead atoms. The number of benzene rings is 1. The smallest absolute Gasteiger partial charge is 0.328 e. The Morgan fingerprint density at radius 1 is 0.857 bits per heavy atom. The maximum atomic E-state index is 13.0. The molecule has 1 aromatic carbocycles. The van der Waals surface area contributed by atoms with Gasteiger partial charge >= 0.3 is 11.9 Å². The van der Waals surface area contributed by atoms with Gasteiger partial charge in [-0.05, 0) is 12.5 Å². The number of aliphatic carboxylic acids is 2. The third-order valence-electron chi connectivity index (χ3n) is 4.73. The Kier molecular flexibility index (Phi) is 11.3. The molecular formula is C21H29N5O9. The molecule has 1 aromatic rings. The molecule has 14 heteroatoms. The monoisotopic (exact) mass is 495 g/mol. The van der Waals surface area contributed by atoms with Crippen molar-refractivity contribution in [2.24, 2.45) is 11.5 Å². The average molecular weight is 495 g/mol. The molecule has 0 saturated heterocycles. The van der Waals surface area contributed by atoms with Crippen LogP contribution in [0.15, 0.2) is 30.3 Å². The van der Waals surface area contributed by atoms with Gasteiger partial charge in [-0.25, -0.2) is 4.79 Å². The first-order valence-electron chi connectivity index (χ1n) is 10.4. The van der Waals surface area contributed by atoms with Gasteiger partial charge in [0.2, 0.25) is 23.6 Å². The fraction of sp³-hybridized carbons (Fsp3) is 0.429. The molecule has 35 heavy (non-hydrogen) atoms. The summed E-state index contributed by atoms with van der Waals surface area (Å²) in [5.74, 6) is -6.89. The molecule has 0 fully saturated rings. The molecule has 10 N–H and O–H groups in total. The Balaban J connectivity index is 3.12. The topological polar surface area (TPSA) is 251 Å². The van der Waals surface area contributed by atoms with Crippen LogP contribution in [0, 0.1) is 0 Å². The molecule has 0 aromatic heterocycles. The summed E-state index contributed by atoms with van der Waals surface area (Å²) in [5, 5.41) is 34.1. The number of nitrogens with two attached hydrogens (primary N) is 2. The Labute approximate surface area is 200 Å². The molecule has 0 radical (unpaired) electrons. The third-order valence-corrected chi connectivity index (χ3v) is 4.73. The lowest BCUT2D eigenvalue weighted by Crippen LogP contribution is -2.59. The van der Waals surface area contributed by atoms with E-state index in [1.54, 1.807) is 30.3 Å². The minimum atomic E-state index is -1.73. The van der Waals surface area contributed by atoms with E-state index in [1.165, 1.54) is 0 Å². The maximum absolute atomic E-state index is 13.0. The first kappa shape index (κ1) is 29.0. The van der Waals surface area contributed by atoms with Crippen LogP contribution < -0.4 is 27.4 Å². The van der Waals surface area contributed by atoms with Gasteiger partial charge in [0.1, 0.15) is 12.1 Å². The van der Waals surface area contributed by atoms with Gasteiger partial charge in [0.15, 0.2) is 6.04 Å². The molecule has 5 atom stereocenters. The van der Waals surface area contributed by atoms with E-state index in [9.17, 15) is 33.9 Å². The predicted octanol–water partition coefficient (Wildman–Crippen LogP) is -3.17. The van der Waals surface area contributed by atoms with Gasteiger partial charge in [0.25, 0.3) is 0 Å². The first-order chi connectivity index (χ1) is 16.3. The van der Waals surface area contributed by atoms with Crippen LogP contribution in [0.3, 0.4) is 0 Å². The van der Waals surface area contributed by atoms with Crippen LogP contribution in [-0.2, 0) is 35.2 Å². The molecule has 0 spiro atoms. The second-order valence-electron chi connectivity index (χ2n) is 7.75. The van der Waals surface area contributed by atoms with Gasteiger partial charge in [-0.2, -0.15) is 0 Å². The average Bonchev–Trinajstić information content (AvgIpc) is 2.75. The highest BCUT2D eigenvalue weighted by molar-refractivity contribution is 5.96. The fourth-order valence-electron chi connectivity index (χ4n) is 2.94. The Morgan fingerprint density at radius 3 is 1.89 bits per heavy atom. The van der Waals surface area contributed by atoms with Crippen molar-refractivity contribution in [2.75, 3.05) is 0 Å². The van der Waals surface area contributed by atoms with E-state index >= 15 is 0 Å². The molecule has 0 aliphatic heterocycles. The van der Waals surface area contributed by atoms with Gasteiger partial charge in [-0.1, -0.05) is 30.3 Å². The summed E-state index contributed by atoms with van der Waals surface area (Å²) >= 11 is 0. The van der Waals surface area contributed by atoms with Gasteiger partial charge in [0, 0.05) is 6.42 Å². The number of amides is 4. The summed E-state index contributed by atoms with van der Waals surface area (Å²) in [4.78, 5) is 71.5. The fourth-order valence-corrected chi connectivity index (χ4v) is 2.94. The minimum absolute atomic E-state index is 0.0887. The lowest BCUT2D eigenvalue weighted by molar-refractivity contribution is -0.145. The molecular weight excluding hydrogens is 466 g/mol. The van der Waals surface area contributed by atoms with Crippen molar-refractivity contribution in [1.29, 1.82) is 0 Å². The molecule has 0 aliphatic carbocycles. The molecule has 14 nitrogen and oxygen atoms in total. The van der Waals surface area contributed by atoms with E-state index in [2.05, 4.69) is 10.6 Å². The molecule has 4 amide bonds. The second-order valence-corrected chi connectivity index (χ2v) is 7.75. The maximum Gasteiger partial charge on any atom is 0.328 e. The lowest BCUT2D eigenvalue weighted by Gasteiger charge is -2.25. The third kappa shape index (κ3) is 10.2. The summed E-state index contributed by atoms with van der Waals surface area (Å²) in [6.45, 7) is 1.12. The zero-order valence-electron chi connectivity index (χ0n) is 18.8. The summed E-state index contributed by atoms with van der Waals surface area (Å²) in [7, 11) is 0. The van der Waals surface area contributed by atoms with Crippen LogP contribution in [0.4, 0.5) is 0 Å². The lowest BCUT2D eigenvalue weighted by atomic mass is 10.0. The number of carbonyl (C=O) groups excluding carboxylic acids is 4. The van der Waals surface area contributed by atoms with Crippen LogP contribution in [-0.4, -0.2) is 81.2 Å². The number of aliphatic hydroxyl groups is 1. The van der Waals surface area contributed by atoms with E-state index in [4.69, 9.17) is 21.7 Å². The van der Waals surface area contributed by atoms with Gasteiger partial charge in [0.05, 0.1) is 25.0 Å². The summed E-state index contributed by atoms with van der Waals surface area (Å²) < 4.78 is 0. The van der Waals surface area contributed by atoms with E-state index in [0.29, 0.717) is 5.56 Å². The van der Waals surface area contributed by atoms with Crippen molar-refractivity contribution in [3.8, 4) is 0 Å². The largest absolute Gasteiger partial charge is 0.481 e. The van der Waals surface area contributed by atoms with Crippen molar-refractivity contribution < 1.29 is 44.1 Å². The first-order valence-corrected chi connectivity index (χ1v) is 10.4. The number of carboxylic acid groups (broad SMARTS) is 2. The van der Waals surface area contributed by atoms with Crippen LogP contribution >= 0.6 is 0 Å². The predicted molar refractivity (Wildman–Crippen MR) is 119 cm³/mol. The number of nitrogens with one attached hydrogen (secondary N) is 3. The number of hydrogen-bond acceptors (Lipinski definition) is 8. The number of hydrogen-bond donors (Lipinski definition) is 8. The number of primary amides is 1. The molecule has 1 rings (SSSR count). The molecule has 0 saturated carbocycles. The van der Waals surface area contributed by atoms with E-state index in [1.807, 2.05) is 5.32 Å². The number of carboxylic acids is 2. The summed E-state index contributed by atoms with van der Waals surface area (Å²) in [5.41, 5.74) is 11.3. The zero-order valence-corrected chi connectivity index (χ0v) is 18.8. The zero-order chi connectivity index (χ0) is 26.7. The number of carbonyl (C=O) groups is 6.